The lowest BCUT2D eigenvalue weighted by Crippen LogP contribution is -2.41. The van der Waals surface area contributed by atoms with Crippen LogP contribution in [0.5, 0.6) is 0 Å². The molecule has 2 rings (SSSR count). The number of nitrogens with zero attached hydrogens (tertiary/aromatic N) is 1. The van der Waals surface area contributed by atoms with Crippen LogP contribution in [-0.2, 0) is 0 Å². The van der Waals surface area contributed by atoms with E-state index >= 15 is 0 Å². The Morgan fingerprint density at radius 1 is 1.31 bits per heavy atom. The summed E-state index contributed by atoms with van der Waals surface area (Å²) in [5.41, 5.74) is 0. The topological polar surface area (TPSA) is 35.5 Å². The largest absolute Gasteiger partial charge is 0.392 e. The molecule has 0 aromatic rings. The summed E-state index contributed by atoms with van der Waals surface area (Å²) in [6.07, 6.45) is 0.851. The highest BCUT2D eigenvalue weighted by atomic mass is 16.3. The van der Waals surface area contributed by atoms with Gasteiger partial charge in [0, 0.05) is 25.2 Å². The molecule has 2 heterocycles. The molecule has 3 heteroatoms. The van der Waals surface area contributed by atoms with Crippen molar-refractivity contribution in [2.45, 2.75) is 38.5 Å². The molecule has 76 valence electrons. The summed E-state index contributed by atoms with van der Waals surface area (Å²) in [5, 5.41) is 13.1. The van der Waals surface area contributed by atoms with E-state index in [0.717, 1.165) is 26.1 Å². The minimum Gasteiger partial charge on any atom is -0.392 e. The average molecular weight is 184 g/mol. The fraction of sp³-hybridized carbons (Fsp3) is 1.00. The van der Waals surface area contributed by atoms with Crippen molar-refractivity contribution >= 4 is 0 Å². The second-order valence-electron chi connectivity index (χ2n) is 4.62. The number of aliphatic hydroxyl groups is 1. The second-order valence-corrected chi connectivity index (χ2v) is 4.62. The number of nitrogens with one attached hydrogen (secondary N) is 1. The Hall–Kier alpha value is -0.120. The zero-order chi connectivity index (χ0) is 9.42. The molecular formula is C10H20N2O. The third-order valence-electron chi connectivity index (χ3n) is 3.63. The summed E-state index contributed by atoms with van der Waals surface area (Å²) in [4.78, 5) is 2.47. The fourth-order valence-corrected chi connectivity index (χ4v) is 2.59. The molecule has 0 aromatic heterocycles. The minimum atomic E-state index is -0.0976. The molecule has 3 nitrogen and oxygen atoms in total. The number of fused-ring (bicyclic) bond motifs is 1. The molecule has 0 spiro atoms. The molecule has 2 aliphatic rings. The van der Waals surface area contributed by atoms with Crippen LogP contribution in [0.2, 0.25) is 0 Å². The molecule has 2 saturated heterocycles. The second kappa shape index (κ2) is 3.56. The van der Waals surface area contributed by atoms with Gasteiger partial charge in [-0.1, -0.05) is 6.92 Å². The maximum absolute atomic E-state index is 9.59. The molecule has 0 radical (unpaired) electrons. The molecule has 13 heavy (non-hydrogen) atoms. The molecule has 0 aliphatic carbocycles. The summed E-state index contributed by atoms with van der Waals surface area (Å²) >= 11 is 0. The summed E-state index contributed by atoms with van der Waals surface area (Å²) < 4.78 is 0. The van der Waals surface area contributed by atoms with E-state index in [-0.39, 0.29) is 6.10 Å². The van der Waals surface area contributed by atoms with Crippen molar-refractivity contribution in [2.75, 3.05) is 19.6 Å². The Morgan fingerprint density at radius 3 is 2.85 bits per heavy atom. The quantitative estimate of drug-likeness (QED) is 0.558. The first-order valence-corrected chi connectivity index (χ1v) is 5.33. The van der Waals surface area contributed by atoms with Crippen molar-refractivity contribution in [3.05, 3.63) is 0 Å². The molecule has 2 aliphatic heterocycles. The third kappa shape index (κ3) is 1.73. The maximum atomic E-state index is 9.59. The summed E-state index contributed by atoms with van der Waals surface area (Å²) in [6.45, 7) is 7.60. The normalized spacial score (nSPS) is 47.3. The van der Waals surface area contributed by atoms with Gasteiger partial charge in [-0.15, -0.1) is 0 Å². The van der Waals surface area contributed by atoms with Gasteiger partial charge in [-0.3, -0.25) is 4.90 Å². The first-order valence-electron chi connectivity index (χ1n) is 5.33. The molecule has 4 atom stereocenters. The van der Waals surface area contributed by atoms with E-state index in [4.69, 9.17) is 0 Å². The zero-order valence-corrected chi connectivity index (χ0v) is 8.53. The van der Waals surface area contributed by atoms with Crippen LogP contribution in [0.4, 0.5) is 0 Å². The standard InChI is InChI=1S/C10H20N2O/c1-7-4-11-5-9-3-10(13)6-12(9)8(7)2/h7-11,13H,3-6H2,1-2H3/t7-,8-,9?,10?/m1/s1. The number of rotatable bonds is 0. The van der Waals surface area contributed by atoms with E-state index in [9.17, 15) is 5.11 Å². The number of hydrogen-bond donors (Lipinski definition) is 2. The van der Waals surface area contributed by atoms with E-state index in [1.165, 1.54) is 0 Å². The first kappa shape index (κ1) is 9.44. The predicted molar refractivity (Wildman–Crippen MR) is 52.6 cm³/mol. The van der Waals surface area contributed by atoms with E-state index in [1.54, 1.807) is 0 Å². The van der Waals surface area contributed by atoms with Crippen LogP contribution in [0.3, 0.4) is 0 Å². The minimum absolute atomic E-state index is 0.0976. The number of aliphatic hydroxyl groups excluding tert-OH is 1. The summed E-state index contributed by atoms with van der Waals surface area (Å²) in [5.74, 6) is 0.690. The predicted octanol–water partition coefficient (Wildman–Crippen LogP) is 0.0494. The Kier molecular flexibility index (Phi) is 2.58. The molecule has 2 N–H and O–H groups in total. The SMILES string of the molecule is C[C@@H]1CNCC2CC(O)CN2[C@@H]1C. The Bertz CT molecular complexity index is 184. The third-order valence-corrected chi connectivity index (χ3v) is 3.63. The molecule has 0 bridgehead atoms. The average Bonchev–Trinajstić information content (AvgIpc) is 2.40. The molecule has 0 amide bonds. The molecule has 0 saturated carbocycles. The fourth-order valence-electron chi connectivity index (χ4n) is 2.59. The van der Waals surface area contributed by atoms with Gasteiger partial charge in [-0.25, -0.2) is 0 Å². The van der Waals surface area contributed by atoms with Gasteiger partial charge < -0.3 is 10.4 Å². The van der Waals surface area contributed by atoms with Crippen molar-refractivity contribution in [2.24, 2.45) is 5.92 Å². The van der Waals surface area contributed by atoms with Crippen LogP contribution in [0.15, 0.2) is 0 Å². The lowest BCUT2D eigenvalue weighted by Gasteiger charge is -2.30. The highest BCUT2D eigenvalue weighted by Gasteiger charge is 2.37. The van der Waals surface area contributed by atoms with Crippen LogP contribution < -0.4 is 5.32 Å². The van der Waals surface area contributed by atoms with Crippen LogP contribution >= 0.6 is 0 Å². The highest BCUT2D eigenvalue weighted by molar-refractivity contribution is 4.93. The lowest BCUT2D eigenvalue weighted by atomic mass is 10.0. The monoisotopic (exact) mass is 184 g/mol. The van der Waals surface area contributed by atoms with Crippen LogP contribution in [-0.4, -0.2) is 47.8 Å². The van der Waals surface area contributed by atoms with Crippen LogP contribution in [0, 0.1) is 5.92 Å². The van der Waals surface area contributed by atoms with Crippen LogP contribution in [0.1, 0.15) is 20.3 Å². The molecule has 2 fully saturated rings. The van der Waals surface area contributed by atoms with Crippen LogP contribution in [0.25, 0.3) is 0 Å². The van der Waals surface area contributed by atoms with Gasteiger partial charge in [-0.2, -0.15) is 0 Å². The Labute approximate surface area is 80.1 Å². The van der Waals surface area contributed by atoms with E-state index in [1.807, 2.05) is 0 Å². The van der Waals surface area contributed by atoms with Crippen molar-refractivity contribution in [1.82, 2.24) is 10.2 Å². The molecule has 2 unspecified atom stereocenters. The Balaban J connectivity index is 2.08. The van der Waals surface area contributed by atoms with E-state index < -0.39 is 0 Å². The number of hydrogen-bond acceptors (Lipinski definition) is 3. The van der Waals surface area contributed by atoms with E-state index in [2.05, 4.69) is 24.1 Å². The van der Waals surface area contributed by atoms with Crippen molar-refractivity contribution in [3.63, 3.8) is 0 Å². The van der Waals surface area contributed by atoms with Crippen molar-refractivity contribution < 1.29 is 5.11 Å². The van der Waals surface area contributed by atoms with Gasteiger partial charge in [0.15, 0.2) is 0 Å². The van der Waals surface area contributed by atoms with Gasteiger partial charge in [0.1, 0.15) is 0 Å². The van der Waals surface area contributed by atoms with Crippen molar-refractivity contribution in [1.29, 1.82) is 0 Å². The zero-order valence-electron chi connectivity index (χ0n) is 8.53. The first-order chi connectivity index (χ1) is 6.18. The van der Waals surface area contributed by atoms with Gasteiger partial charge >= 0.3 is 0 Å². The molecular weight excluding hydrogens is 164 g/mol. The van der Waals surface area contributed by atoms with Crippen molar-refractivity contribution in [3.8, 4) is 0 Å². The van der Waals surface area contributed by atoms with Gasteiger partial charge in [0.05, 0.1) is 6.10 Å². The maximum Gasteiger partial charge on any atom is 0.0682 e. The lowest BCUT2D eigenvalue weighted by molar-refractivity contribution is 0.139. The highest BCUT2D eigenvalue weighted by Crippen LogP contribution is 2.25. The van der Waals surface area contributed by atoms with Gasteiger partial charge in [-0.05, 0) is 25.8 Å². The summed E-state index contributed by atoms with van der Waals surface area (Å²) in [7, 11) is 0. The molecule has 0 aromatic carbocycles. The van der Waals surface area contributed by atoms with E-state index in [0.29, 0.717) is 18.0 Å². The smallest absolute Gasteiger partial charge is 0.0682 e. The van der Waals surface area contributed by atoms with Gasteiger partial charge in [0.25, 0.3) is 0 Å². The van der Waals surface area contributed by atoms with Gasteiger partial charge in [0.2, 0.25) is 0 Å². The Morgan fingerprint density at radius 2 is 2.08 bits per heavy atom. The summed E-state index contributed by atoms with van der Waals surface area (Å²) in [6, 6.07) is 1.17.